The van der Waals surface area contributed by atoms with Crippen molar-refractivity contribution in [2.24, 2.45) is 0 Å². The molecule has 2 aromatic carbocycles. The zero-order chi connectivity index (χ0) is 20.3. The number of benzene rings is 2. The average Bonchev–Trinajstić information content (AvgIpc) is 3.02. The predicted octanol–water partition coefficient (Wildman–Crippen LogP) is 3.12. The Morgan fingerprint density at radius 3 is 2.64 bits per heavy atom. The van der Waals surface area contributed by atoms with Crippen LogP contribution in [0.2, 0.25) is 0 Å². The van der Waals surface area contributed by atoms with E-state index in [1.54, 1.807) is 43.3 Å². The lowest BCUT2D eigenvalue weighted by atomic mass is 10.1. The molecule has 0 bridgehead atoms. The summed E-state index contributed by atoms with van der Waals surface area (Å²) in [7, 11) is 0. The van der Waals surface area contributed by atoms with Crippen LogP contribution in [0, 0.1) is 5.82 Å². The minimum atomic E-state index is -0.563. The van der Waals surface area contributed by atoms with Crippen LogP contribution in [0.1, 0.15) is 24.2 Å². The fourth-order valence-corrected chi connectivity index (χ4v) is 3.30. The second-order valence-electron chi connectivity index (χ2n) is 6.04. The number of carbonyl (C=O) groups excluding carboxylic acids is 2. The summed E-state index contributed by atoms with van der Waals surface area (Å²) >= 11 is 1.11. The Kier molecular flexibility index (Phi) is 5.74. The number of carbonyl (C=O) groups is 2. The molecule has 0 unspecified atom stereocenters. The first-order valence-corrected chi connectivity index (χ1v) is 9.28. The summed E-state index contributed by atoms with van der Waals surface area (Å²) in [6, 6.07) is 12.6. The first-order valence-electron chi connectivity index (χ1n) is 8.40. The van der Waals surface area contributed by atoms with Crippen LogP contribution in [-0.4, -0.2) is 31.8 Å². The Morgan fingerprint density at radius 2 is 1.93 bits per heavy atom. The summed E-state index contributed by atoms with van der Waals surface area (Å²) in [6.07, 6.45) is 0. The zero-order valence-electron chi connectivity index (χ0n) is 15.2. The van der Waals surface area contributed by atoms with E-state index in [2.05, 4.69) is 15.5 Å². The van der Waals surface area contributed by atoms with Crippen molar-refractivity contribution in [3.63, 3.8) is 0 Å². The second kappa shape index (κ2) is 8.22. The van der Waals surface area contributed by atoms with Gasteiger partial charge in [-0.15, -0.1) is 10.2 Å². The summed E-state index contributed by atoms with van der Waals surface area (Å²) in [6.45, 7) is 3.13. The van der Waals surface area contributed by atoms with Crippen molar-refractivity contribution >= 4 is 29.1 Å². The summed E-state index contributed by atoms with van der Waals surface area (Å²) in [5.41, 5.74) is 1.36. The molecule has 0 aliphatic heterocycles. The van der Waals surface area contributed by atoms with Gasteiger partial charge in [0.1, 0.15) is 5.82 Å². The van der Waals surface area contributed by atoms with Crippen molar-refractivity contribution in [2.45, 2.75) is 24.3 Å². The van der Waals surface area contributed by atoms with Crippen LogP contribution < -0.4 is 11.2 Å². The van der Waals surface area contributed by atoms with Crippen molar-refractivity contribution in [3.8, 4) is 11.4 Å². The number of Topliss-reactive ketones (excluding diaryl/α,β-unsaturated/α-hetero) is 1. The summed E-state index contributed by atoms with van der Waals surface area (Å²) < 4.78 is 14.6. The van der Waals surface area contributed by atoms with Gasteiger partial charge >= 0.3 is 0 Å². The normalized spacial score (nSPS) is 11.8. The van der Waals surface area contributed by atoms with E-state index in [0.29, 0.717) is 22.0 Å². The van der Waals surface area contributed by atoms with Crippen molar-refractivity contribution in [2.75, 3.05) is 11.2 Å². The highest BCUT2D eigenvalue weighted by atomic mass is 32.2. The molecule has 0 spiro atoms. The molecule has 144 valence electrons. The number of rotatable bonds is 6. The van der Waals surface area contributed by atoms with E-state index in [1.165, 1.54) is 23.7 Å². The quantitative estimate of drug-likeness (QED) is 0.375. The third kappa shape index (κ3) is 4.20. The highest BCUT2D eigenvalue weighted by Gasteiger charge is 2.21. The van der Waals surface area contributed by atoms with Gasteiger partial charge in [0.25, 0.3) is 0 Å². The number of hydrogen-bond acceptors (Lipinski definition) is 6. The van der Waals surface area contributed by atoms with Crippen LogP contribution in [-0.2, 0) is 4.79 Å². The topological polar surface area (TPSA) is 103 Å². The van der Waals surface area contributed by atoms with E-state index in [0.717, 1.165) is 11.8 Å². The lowest BCUT2D eigenvalue weighted by Crippen LogP contribution is -2.24. The van der Waals surface area contributed by atoms with Crippen LogP contribution in [0.3, 0.4) is 0 Å². The van der Waals surface area contributed by atoms with E-state index in [9.17, 15) is 14.0 Å². The van der Waals surface area contributed by atoms with E-state index in [-0.39, 0.29) is 17.5 Å². The molecule has 3 aromatic rings. The molecule has 9 heteroatoms. The third-order valence-corrected chi connectivity index (χ3v) is 5.02. The number of nitrogens with one attached hydrogen (secondary N) is 1. The zero-order valence-corrected chi connectivity index (χ0v) is 16.0. The number of aromatic nitrogens is 3. The molecule has 0 saturated carbocycles. The highest BCUT2D eigenvalue weighted by molar-refractivity contribution is 8.00. The van der Waals surface area contributed by atoms with Gasteiger partial charge < -0.3 is 11.2 Å². The van der Waals surface area contributed by atoms with Crippen LogP contribution in [0.4, 0.5) is 10.1 Å². The monoisotopic (exact) mass is 399 g/mol. The highest BCUT2D eigenvalue weighted by Crippen LogP contribution is 2.26. The second-order valence-corrected chi connectivity index (χ2v) is 7.35. The van der Waals surface area contributed by atoms with Crippen molar-refractivity contribution in [1.82, 2.24) is 14.9 Å². The van der Waals surface area contributed by atoms with E-state index >= 15 is 0 Å². The van der Waals surface area contributed by atoms with Crippen LogP contribution in [0.25, 0.3) is 11.4 Å². The molecule has 0 fully saturated rings. The minimum absolute atomic E-state index is 0.141. The molecule has 7 nitrogen and oxygen atoms in total. The molecule has 0 radical (unpaired) electrons. The van der Waals surface area contributed by atoms with Gasteiger partial charge in [-0.2, -0.15) is 0 Å². The number of thioether (sulfide) groups is 1. The maximum Gasteiger partial charge on any atom is 0.237 e. The molecule has 1 amide bonds. The number of nitrogens with two attached hydrogens (primary N) is 1. The fourth-order valence-electron chi connectivity index (χ4n) is 2.53. The first kappa shape index (κ1) is 19.6. The van der Waals surface area contributed by atoms with E-state index in [4.69, 9.17) is 5.84 Å². The summed E-state index contributed by atoms with van der Waals surface area (Å²) in [5, 5.41) is 10.5. The molecule has 0 saturated heterocycles. The summed E-state index contributed by atoms with van der Waals surface area (Å²) in [4.78, 5) is 24.2. The molecule has 1 atom stereocenters. The smallest absolute Gasteiger partial charge is 0.237 e. The largest absolute Gasteiger partial charge is 0.335 e. The van der Waals surface area contributed by atoms with Gasteiger partial charge in [-0.05, 0) is 38.1 Å². The molecule has 0 aliphatic rings. The van der Waals surface area contributed by atoms with Crippen LogP contribution in [0.15, 0.2) is 53.7 Å². The standard InChI is InChI=1S/C19H18FN5O2S/c1-11(26)15-8-3-4-9-16(15)22-18(27)12(2)28-19-24-23-17(25(19)21)13-6-5-7-14(20)10-13/h3-10,12H,21H2,1-2H3,(H,22,27)/t12-/m1/s1. The Morgan fingerprint density at radius 1 is 1.18 bits per heavy atom. The van der Waals surface area contributed by atoms with Crippen LogP contribution >= 0.6 is 11.8 Å². The summed E-state index contributed by atoms with van der Waals surface area (Å²) in [5.74, 6) is 5.45. The Balaban J connectivity index is 1.74. The van der Waals surface area contributed by atoms with Gasteiger partial charge in [0.05, 0.1) is 10.9 Å². The first-order chi connectivity index (χ1) is 13.4. The molecule has 3 rings (SSSR count). The van der Waals surface area contributed by atoms with Crippen molar-refractivity contribution in [3.05, 3.63) is 59.9 Å². The fraction of sp³-hybridized carbons (Fsp3) is 0.158. The Bertz CT molecular complexity index is 1040. The van der Waals surface area contributed by atoms with Crippen molar-refractivity contribution < 1.29 is 14.0 Å². The molecular weight excluding hydrogens is 381 g/mol. The number of para-hydroxylation sites is 1. The number of anilines is 1. The van der Waals surface area contributed by atoms with Gasteiger partial charge in [0, 0.05) is 11.1 Å². The van der Waals surface area contributed by atoms with Gasteiger partial charge in [-0.1, -0.05) is 36.0 Å². The van der Waals surface area contributed by atoms with Gasteiger partial charge in [-0.3, -0.25) is 9.59 Å². The number of amides is 1. The average molecular weight is 399 g/mol. The van der Waals surface area contributed by atoms with Crippen molar-refractivity contribution in [1.29, 1.82) is 0 Å². The molecule has 1 aromatic heterocycles. The van der Waals surface area contributed by atoms with Gasteiger partial charge in [0.2, 0.25) is 11.1 Å². The van der Waals surface area contributed by atoms with Crippen LogP contribution in [0.5, 0.6) is 0 Å². The maximum absolute atomic E-state index is 13.4. The molecule has 3 N–H and O–H groups in total. The number of nitrogen functional groups attached to an aromatic ring is 1. The van der Waals surface area contributed by atoms with Gasteiger partial charge in [0.15, 0.2) is 11.6 Å². The Hall–Kier alpha value is -3.20. The minimum Gasteiger partial charge on any atom is -0.335 e. The molecular formula is C19H18FN5O2S. The predicted molar refractivity (Wildman–Crippen MR) is 106 cm³/mol. The molecule has 28 heavy (non-hydrogen) atoms. The number of ketones is 1. The number of hydrogen-bond donors (Lipinski definition) is 2. The molecule has 0 aliphatic carbocycles. The SMILES string of the molecule is CC(=O)c1ccccc1NC(=O)[C@@H](C)Sc1nnc(-c2cccc(F)c2)n1N. The van der Waals surface area contributed by atoms with Gasteiger partial charge in [-0.25, -0.2) is 9.07 Å². The third-order valence-electron chi connectivity index (χ3n) is 3.96. The number of nitrogens with zero attached hydrogens (tertiary/aromatic N) is 3. The van der Waals surface area contributed by atoms with E-state index < -0.39 is 11.1 Å². The van der Waals surface area contributed by atoms with E-state index in [1.807, 2.05) is 0 Å². The Labute approximate surface area is 165 Å². The maximum atomic E-state index is 13.4. The lowest BCUT2D eigenvalue weighted by molar-refractivity contribution is -0.115. The lowest BCUT2D eigenvalue weighted by Gasteiger charge is -2.13. The number of halogens is 1. The molecule has 1 heterocycles.